The lowest BCUT2D eigenvalue weighted by Crippen LogP contribution is -2.15. The van der Waals surface area contributed by atoms with Gasteiger partial charge in [-0.25, -0.2) is 4.98 Å². The second-order valence-electron chi connectivity index (χ2n) is 3.45. The van der Waals surface area contributed by atoms with Crippen LogP contribution in [0.1, 0.15) is 19.8 Å². The molecule has 1 aliphatic carbocycles. The number of nitrogens with zero attached hydrogens (tertiary/aromatic N) is 2. The maximum absolute atomic E-state index is 11.4. The van der Waals surface area contributed by atoms with Crippen molar-refractivity contribution in [2.24, 2.45) is 5.92 Å². The highest BCUT2D eigenvalue weighted by atomic mass is 16.1. The summed E-state index contributed by atoms with van der Waals surface area (Å²) in [5.74, 6) is 0.419. The minimum Gasteiger partial charge on any atom is -0.310 e. The predicted octanol–water partition coefficient (Wildman–Crippen LogP) is 1.72. The maximum atomic E-state index is 11.4. The predicted molar refractivity (Wildman–Crippen MR) is 49.9 cm³/mol. The number of allylic oxidation sites excluding steroid dienone is 2. The van der Waals surface area contributed by atoms with E-state index in [1.165, 1.54) is 0 Å². The van der Waals surface area contributed by atoms with Crippen LogP contribution in [0.4, 0.5) is 0 Å². The Hall–Kier alpha value is -1.38. The van der Waals surface area contributed by atoms with Crippen molar-refractivity contribution in [2.75, 3.05) is 0 Å². The topological polar surface area (TPSA) is 34.9 Å². The van der Waals surface area contributed by atoms with Gasteiger partial charge >= 0.3 is 0 Å². The van der Waals surface area contributed by atoms with Crippen molar-refractivity contribution in [3.8, 4) is 0 Å². The highest BCUT2D eigenvalue weighted by molar-refractivity contribution is 5.97. The number of carbonyl (C=O) groups is 1. The van der Waals surface area contributed by atoms with Crippen LogP contribution in [-0.4, -0.2) is 15.3 Å². The molecule has 3 heteroatoms. The number of carbonyl (C=O) groups excluding carboxylic acids is 1. The molecule has 0 spiro atoms. The second-order valence-corrected chi connectivity index (χ2v) is 3.45. The lowest BCUT2D eigenvalue weighted by Gasteiger charge is -2.17. The molecule has 1 aliphatic rings. The Labute approximate surface area is 77.1 Å². The molecule has 0 radical (unpaired) electrons. The Morgan fingerprint density at radius 1 is 1.62 bits per heavy atom. The van der Waals surface area contributed by atoms with Gasteiger partial charge < -0.3 is 4.57 Å². The summed E-state index contributed by atoms with van der Waals surface area (Å²) in [6.45, 7) is 1.98. The van der Waals surface area contributed by atoms with E-state index in [-0.39, 0.29) is 11.7 Å². The highest BCUT2D eigenvalue weighted by Gasteiger charge is 2.18. The molecule has 0 saturated heterocycles. The van der Waals surface area contributed by atoms with Crippen LogP contribution in [0.25, 0.3) is 5.70 Å². The van der Waals surface area contributed by atoms with Gasteiger partial charge in [0.05, 0.1) is 6.33 Å². The van der Waals surface area contributed by atoms with Crippen LogP contribution in [0.3, 0.4) is 0 Å². The summed E-state index contributed by atoms with van der Waals surface area (Å²) < 4.78 is 1.91. The number of hydrogen-bond acceptors (Lipinski definition) is 2. The number of imidazole rings is 1. The van der Waals surface area contributed by atoms with E-state index < -0.39 is 0 Å². The lowest BCUT2D eigenvalue weighted by molar-refractivity contribution is -0.118. The van der Waals surface area contributed by atoms with Gasteiger partial charge in [0, 0.05) is 30.1 Å². The summed E-state index contributed by atoms with van der Waals surface area (Å²) in [5.41, 5.74) is 1.06. The van der Waals surface area contributed by atoms with E-state index >= 15 is 0 Å². The van der Waals surface area contributed by atoms with Gasteiger partial charge in [-0.05, 0) is 12.8 Å². The molecule has 1 heterocycles. The number of hydrogen-bond donors (Lipinski definition) is 0. The summed E-state index contributed by atoms with van der Waals surface area (Å²) in [5, 5.41) is 0. The van der Waals surface area contributed by atoms with E-state index in [1.807, 2.05) is 17.7 Å². The maximum Gasteiger partial charge on any atom is 0.160 e. The number of rotatable bonds is 1. The van der Waals surface area contributed by atoms with Crippen molar-refractivity contribution in [3.05, 3.63) is 24.8 Å². The lowest BCUT2D eigenvalue weighted by atomic mass is 9.93. The minimum atomic E-state index is 0.187. The molecule has 0 aromatic carbocycles. The molecule has 1 aromatic heterocycles. The van der Waals surface area contributed by atoms with Gasteiger partial charge in [-0.3, -0.25) is 4.79 Å². The summed E-state index contributed by atoms with van der Waals surface area (Å²) in [6.07, 6.45) is 8.97. The molecule has 1 unspecified atom stereocenters. The summed E-state index contributed by atoms with van der Waals surface area (Å²) in [6, 6.07) is 0. The number of aromatic nitrogens is 2. The highest BCUT2D eigenvalue weighted by Crippen LogP contribution is 2.23. The van der Waals surface area contributed by atoms with Crippen molar-refractivity contribution in [1.29, 1.82) is 0 Å². The molecule has 13 heavy (non-hydrogen) atoms. The Balaban J connectivity index is 2.27. The molecule has 68 valence electrons. The molecule has 1 aromatic rings. The molecule has 0 aliphatic heterocycles. The van der Waals surface area contributed by atoms with Crippen LogP contribution in [0.15, 0.2) is 24.8 Å². The van der Waals surface area contributed by atoms with E-state index in [1.54, 1.807) is 18.6 Å². The Morgan fingerprint density at radius 2 is 2.46 bits per heavy atom. The fraction of sp³-hybridized carbons (Fsp3) is 0.400. The zero-order valence-corrected chi connectivity index (χ0v) is 7.60. The first-order valence-electron chi connectivity index (χ1n) is 4.50. The van der Waals surface area contributed by atoms with E-state index in [2.05, 4.69) is 4.98 Å². The van der Waals surface area contributed by atoms with Gasteiger partial charge in [-0.15, -0.1) is 0 Å². The van der Waals surface area contributed by atoms with E-state index in [9.17, 15) is 4.79 Å². The molecule has 0 bridgehead atoms. The van der Waals surface area contributed by atoms with E-state index in [0.29, 0.717) is 0 Å². The van der Waals surface area contributed by atoms with Crippen LogP contribution >= 0.6 is 0 Å². The van der Waals surface area contributed by atoms with Crippen LogP contribution in [-0.2, 0) is 4.79 Å². The fourth-order valence-corrected chi connectivity index (χ4v) is 1.52. The molecular weight excluding hydrogens is 164 g/mol. The molecule has 0 N–H and O–H groups in total. The van der Waals surface area contributed by atoms with E-state index in [4.69, 9.17) is 0 Å². The zero-order chi connectivity index (χ0) is 9.26. The fourth-order valence-electron chi connectivity index (χ4n) is 1.52. The van der Waals surface area contributed by atoms with Crippen molar-refractivity contribution in [2.45, 2.75) is 19.8 Å². The first-order chi connectivity index (χ1) is 6.27. The van der Waals surface area contributed by atoms with Gasteiger partial charge in [0.25, 0.3) is 0 Å². The standard InChI is InChI=1S/C10H12N2O/c1-8-2-3-9(6-10(8)13)12-5-4-11-7-12/h4-8H,2-3H2,1H3. The number of ketones is 1. The quantitative estimate of drug-likeness (QED) is 0.653. The smallest absolute Gasteiger partial charge is 0.160 e. The molecule has 0 amide bonds. The van der Waals surface area contributed by atoms with Crippen molar-refractivity contribution < 1.29 is 4.79 Å². The third-order valence-electron chi connectivity index (χ3n) is 2.46. The van der Waals surface area contributed by atoms with Crippen molar-refractivity contribution in [3.63, 3.8) is 0 Å². The zero-order valence-electron chi connectivity index (χ0n) is 7.60. The van der Waals surface area contributed by atoms with Crippen LogP contribution < -0.4 is 0 Å². The SMILES string of the molecule is CC1CCC(n2ccnc2)=CC1=O. The normalized spacial score (nSPS) is 23.0. The van der Waals surface area contributed by atoms with Gasteiger partial charge in [0.2, 0.25) is 0 Å². The third-order valence-corrected chi connectivity index (χ3v) is 2.46. The van der Waals surface area contributed by atoms with Crippen molar-refractivity contribution >= 4 is 11.5 Å². The second kappa shape index (κ2) is 3.17. The minimum absolute atomic E-state index is 0.187. The third kappa shape index (κ3) is 1.54. The Morgan fingerprint density at radius 3 is 3.08 bits per heavy atom. The van der Waals surface area contributed by atoms with E-state index in [0.717, 1.165) is 18.5 Å². The van der Waals surface area contributed by atoms with Crippen molar-refractivity contribution in [1.82, 2.24) is 9.55 Å². The molecule has 3 nitrogen and oxygen atoms in total. The van der Waals surface area contributed by atoms with Gasteiger partial charge in [0.1, 0.15) is 0 Å². The van der Waals surface area contributed by atoms with Crippen LogP contribution in [0, 0.1) is 5.92 Å². The average Bonchev–Trinajstić information content (AvgIpc) is 2.62. The molecule has 0 fully saturated rings. The monoisotopic (exact) mass is 176 g/mol. The first-order valence-corrected chi connectivity index (χ1v) is 4.50. The Bertz CT molecular complexity index is 338. The Kier molecular flexibility index (Phi) is 2.00. The van der Waals surface area contributed by atoms with Gasteiger partial charge in [0.15, 0.2) is 5.78 Å². The summed E-state index contributed by atoms with van der Waals surface area (Å²) in [4.78, 5) is 15.3. The molecule has 1 atom stereocenters. The largest absolute Gasteiger partial charge is 0.310 e. The average molecular weight is 176 g/mol. The first kappa shape index (κ1) is 8.23. The van der Waals surface area contributed by atoms with Crippen LogP contribution in [0.2, 0.25) is 0 Å². The molecular formula is C10H12N2O. The molecule has 0 saturated carbocycles. The van der Waals surface area contributed by atoms with Gasteiger partial charge in [-0.1, -0.05) is 6.92 Å². The van der Waals surface area contributed by atoms with Gasteiger partial charge in [-0.2, -0.15) is 0 Å². The molecule has 2 rings (SSSR count). The van der Waals surface area contributed by atoms with Crippen LogP contribution in [0.5, 0.6) is 0 Å². The summed E-state index contributed by atoms with van der Waals surface area (Å²) in [7, 11) is 0. The summed E-state index contributed by atoms with van der Waals surface area (Å²) >= 11 is 0.